The molecule has 2 amide bonds. The standard InChI is InChI=1S/C19H22N2O/c1-14-5-9-16(10-6-14)18-4-3-13-21(18)19(22)20-17-11-7-15(2)8-12-17/h5-12,18H,3-4,13H2,1-2H3,(H,20,22). The molecule has 114 valence electrons. The van der Waals surface area contributed by atoms with Gasteiger partial charge in [-0.05, 0) is 44.4 Å². The van der Waals surface area contributed by atoms with E-state index < -0.39 is 0 Å². The summed E-state index contributed by atoms with van der Waals surface area (Å²) in [6.07, 6.45) is 2.09. The van der Waals surface area contributed by atoms with Crippen molar-refractivity contribution in [2.75, 3.05) is 11.9 Å². The lowest BCUT2D eigenvalue weighted by Gasteiger charge is -2.25. The molecule has 1 heterocycles. The number of hydrogen-bond acceptors (Lipinski definition) is 1. The van der Waals surface area contributed by atoms with Crippen LogP contribution in [-0.4, -0.2) is 17.5 Å². The zero-order valence-electron chi connectivity index (χ0n) is 13.2. The third-order valence-electron chi connectivity index (χ3n) is 4.28. The number of rotatable bonds is 2. The Bertz CT molecular complexity index is 646. The van der Waals surface area contributed by atoms with E-state index in [-0.39, 0.29) is 12.1 Å². The number of benzene rings is 2. The maximum absolute atomic E-state index is 12.6. The maximum atomic E-state index is 12.6. The summed E-state index contributed by atoms with van der Waals surface area (Å²) < 4.78 is 0. The molecule has 1 fully saturated rings. The zero-order chi connectivity index (χ0) is 15.5. The molecule has 0 saturated carbocycles. The Hall–Kier alpha value is -2.29. The fourth-order valence-corrected chi connectivity index (χ4v) is 2.98. The second kappa shape index (κ2) is 6.22. The molecule has 0 spiro atoms. The minimum Gasteiger partial charge on any atom is -0.317 e. The summed E-state index contributed by atoms with van der Waals surface area (Å²) in [5.74, 6) is 0. The molecule has 2 aromatic rings. The van der Waals surface area contributed by atoms with Crippen molar-refractivity contribution in [2.45, 2.75) is 32.7 Å². The van der Waals surface area contributed by atoms with Crippen LogP contribution in [0.15, 0.2) is 48.5 Å². The summed E-state index contributed by atoms with van der Waals surface area (Å²) in [6.45, 7) is 4.94. The summed E-state index contributed by atoms with van der Waals surface area (Å²) in [7, 11) is 0. The molecule has 3 rings (SSSR count). The second-order valence-electron chi connectivity index (χ2n) is 6.06. The van der Waals surface area contributed by atoms with Gasteiger partial charge in [0.15, 0.2) is 0 Å². The van der Waals surface area contributed by atoms with Gasteiger partial charge in [-0.1, -0.05) is 47.5 Å². The minimum atomic E-state index is -0.00747. The Labute approximate surface area is 132 Å². The molecule has 1 saturated heterocycles. The van der Waals surface area contributed by atoms with Crippen molar-refractivity contribution >= 4 is 11.7 Å². The number of nitrogens with one attached hydrogen (secondary N) is 1. The smallest absolute Gasteiger partial charge is 0.317 e. The SMILES string of the molecule is Cc1ccc(NC(=O)N2CCCC2c2ccc(C)cc2)cc1. The van der Waals surface area contributed by atoms with Crippen molar-refractivity contribution in [1.29, 1.82) is 0 Å². The van der Waals surface area contributed by atoms with Crippen LogP contribution in [0.25, 0.3) is 0 Å². The number of aryl methyl sites for hydroxylation is 2. The number of carbonyl (C=O) groups is 1. The average Bonchev–Trinajstić information content (AvgIpc) is 3.00. The number of hydrogen-bond donors (Lipinski definition) is 1. The summed E-state index contributed by atoms with van der Waals surface area (Å²) in [5.41, 5.74) is 4.52. The van der Waals surface area contributed by atoms with Crippen LogP contribution in [0, 0.1) is 13.8 Å². The number of urea groups is 1. The molecule has 2 aromatic carbocycles. The van der Waals surface area contributed by atoms with Gasteiger partial charge in [0.05, 0.1) is 6.04 Å². The van der Waals surface area contributed by atoms with Crippen molar-refractivity contribution in [3.63, 3.8) is 0 Å². The van der Waals surface area contributed by atoms with Crippen molar-refractivity contribution in [3.8, 4) is 0 Å². The highest BCUT2D eigenvalue weighted by molar-refractivity contribution is 5.89. The fourth-order valence-electron chi connectivity index (χ4n) is 2.98. The van der Waals surface area contributed by atoms with Crippen molar-refractivity contribution < 1.29 is 4.79 Å². The van der Waals surface area contributed by atoms with Gasteiger partial charge in [-0.3, -0.25) is 0 Å². The van der Waals surface area contributed by atoms with Crippen molar-refractivity contribution in [2.24, 2.45) is 0 Å². The van der Waals surface area contributed by atoms with E-state index in [2.05, 4.69) is 36.5 Å². The van der Waals surface area contributed by atoms with Gasteiger partial charge < -0.3 is 10.2 Å². The highest BCUT2D eigenvalue weighted by Gasteiger charge is 2.29. The summed E-state index contributed by atoms with van der Waals surface area (Å²) in [5, 5.41) is 3.01. The Morgan fingerprint density at radius 2 is 1.59 bits per heavy atom. The lowest BCUT2D eigenvalue weighted by molar-refractivity contribution is 0.207. The van der Waals surface area contributed by atoms with E-state index in [1.165, 1.54) is 16.7 Å². The molecule has 1 aliphatic rings. The first-order chi connectivity index (χ1) is 10.6. The summed E-state index contributed by atoms with van der Waals surface area (Å²) in [6, 6.07) is 16.6. The second-order valence-corrected chi connectivity index (χ2v) is 6.06. The Balaban J connectivity index is 1.73. The van der Waals surface area contributed by atoms with Gasteiger partial charge in [0.25, 0.3) is 0 Å². The van der Waals surface area contributed by atoms with Crippen LogP contribution < -0.4 is 5.32 Å². The van der Waals surface area contributed by atoms with Gasteiger partial charge in [0.2, 0.25) is 0 Å². The van der Waals surface area contributed by atoms with Crippen LogP contribution >= 0.6 is 0 Å². The number of amides is 2. The van der Waals surface area contributed by atoms with Crippen molar-refractivity contribution in [1.82, 2.24) is 4.90 Å². The average molecular weight is 294 g/mol. The fraction of sp³-hybridized carbons (Fsp3) is 0.316. The lowest BCUT2D eigenvalue weighted by atomic mass is 10.0. The first-order valence-corrected chi connectivity index (χ1v) is 7.84. The van der Waals surface area contributed by atoms with E-state index in [0.717, 1.165) is 25.1 Å². The Kier molecular flexibility index (Phi) is 4.14. The Morgan fingerprint density at radius 3 is 2.23 bits per heavy atom. The topological polar surface area (TPSA) is 32.3 Å². The predicted octanol–water partition coefficient (Wildman–Crippen LogP) is 4.67. The van der Waals surface area contributed by atoms with Crippen LogP contribution in [0.1, 0.15) is 35.6 Å². The molecule has 0 radical (unpaired) electrons. The molecule has 0 bridgehead atoms. The highest BCUT2D eigenvalue weighted by Crippen LogP contribution is 2.32. The van der Waals surface area contributed by atoms with Gasteiger partial charge >= 0.3 is 6.03 Å². The lowest BCUT2D eigenvalue weighted by Crippen LogP contribution is -2.34. The van der Waals surface area contributed by atoms with Gasteiger partial charge in [-0.25, -0.2) is 4.79 Å². The third-order valence-corrected chi connectivity index (χ3v) is 4.28. The first-order valence-electron chi connectivity index (χ1n) is 7.84. The number of nitrogens with zero attached hydrogens (tertiary/aromatic N) is 1. The van der Waals surface area contributed by atoms with Crippen LogP contribution in [-0.2, 0) is 0 Å². The molecule has 1 aliphatic heterocycles. The van der Waals surface area contributed by atoms with Gasteiger partial charge in [0.1, 0.15) is 0 Å². The van der Waals surface area contributed by atoms with Crippen LogP contribution in [0.4, 0.5) is 10.5 Å². The van der Waals surface area contributed by atoms with E-state index in [1.54, 1.807) is 0 Å². The van der Waals surface area contributed by atoms with Gasteiger partial charge in [-0.15, -0.1) is 0 Å². The summed E-state index contributed by atoms with van der Waals surface area (Å²) >= 11 is 0. The van der Waals surface area contributed by atoms with Crippen LogP contribution in [0.5, 0.6) is 0 Å². The highest BCUT2D eigenvalue weighted by atomic mass is 16.2. The number of anilines is 1. The normalized spacial score (nSPS) is 17.5. The van der Waals surface area contributed by atoms with E-state index in [4.69, 9.17) is 0 Å². The molecule has 0 aliphatic carbocycles. The molecule has 1 atom stereocenters. The molecular weight excluding hydrogens is 272 g/mol. The predicted molar refractivity (Wildman–Crippen MR) is 90.1 cm³/mol. The molecule has 1 unspecified atom stereocenters. The van der Waals surface area contributed by atoms with E-state index in [0.29, 0.717) is 0 Å². The largest absolute Gasteiger partial charge is 0.322 e. The van der Waals surface area contributed by atoms with Gasteiger partial charge in [-0.2, -0.15) is 0 Å². The number of carbonyl (C=O) groups excluding carboxylic acids is 1. The molecule has 0 aromatic heterocycles. The van der Waals surface area contributed by atoms with Crippen molar-refractivity contribution in [3.05, 3.63) is 65.2 Å². The van der Waals surface area contributed by atoms with E-state index in [9.17, 15) is 4.79 Å². The molecule has 3 heteroatoms. The van der Waals surface area contributed by atoms with Gasteiger partial charge in [0, 0.05) is 12.2 Å². The third kappa shape index (κ3) is 3.14. The first kappa shape index (κ1) is 14.6. The minimum absolute atomic E-state index is 0.00747. The van der Waals surface area contributed by atoms with E-state index in [1.807, 2.05) is 36.1 Å². The Morgan fingerprint density at radius 1 is 1.00 bits per heavy atom. The molecule has 22 heavy (non-hydrogen) atoms. The quantitative estimate of drug-likeness (QED) is 0.857. The molecule has 1 N–H and O–H groups in total. The van der Waals surface area contributed by atoms with Crippen LogP contribution in [0.2, 0.25) is 0 Å². The zero-order valence-corrected chi connectivity index (χ0v) is 13.2. The van der Waals surface area contributed by atoms with Crippen LogP contribution in [0.3, 0.4) is 0 Å². The van der Waals surface area contributed by atoms with E-state index >= 15 is 0 Å². The summed E-state index contributed by atoms with van der Waals surface area (Å²) in [4.78, 5) is 14.5. The molecule has 3 nitrogen and oxygen atoms in total. The maximum Gasteiger partial charge on any atom is 0.322 e. The monoisotopic (exact) mass is 294 g/mol. The molecular formula is C19H22N2O. The number of likely N-dealkylation sites (tertiary alicyclic amines) is 1.